The first-order chi connectivity index (χ1) is 27.4. The first kappa shape index (κ1) is 45.6. The molecular formula is C36H48N4O15S2. The molecule has 1 heterocycles. The molecule has 57 heavy (non-hydrogen) atoms. The number of hydrogen-bond acceptors (Lipinski definition) is 16. The fourth-order valence-electron chi connectivity index (χ4n) is 5.52. The van der Waals surface area contributed by atoms with Crippen LogP contribution in [0, 0.1) is 5.41 Å². The van der Waals surface area contributed by atoms with E-state index in [1.54, 1.807) is 6.07 Å². The van der Waals surface area contributed by atoms with Crippen LogP contribution in [-0.4, -0.2) is 138 Å². The average molecular weight is 841 g/mol. The molecule has 4 rings (SSSR count). The van der Waals surface area contributed by atoms with Crippen LogP contribution in [0.1, 0.15) is 10.4 Å². The molecule has 0 amide bonds. The quantitative estimate of drug-likeness (QED) is 0.0205. The number of rotatable bonds is 28. The van der Waals surface area contributed by atoms with Crippen molar-refractivity contribution in [2.75, 3.05) is 111 Å². The molecular weight excluding hydrogens is 793 g/mol. The summed E-state index contributed by atoms with van der Waals surface area (Å²) in [6.07, 6.45) is 0. The third-order valence-corrected chi connectivity index (χ3v) is 10.4. The maximum atomic E-state index is 13.7. The van der Waals surface area contributed by atoms with E-state index in [0.29, 0.717) is 79.2 Å². The van der Waals surface area contributed by atoms with Gasteiger partial charge in [0, 0.05) is 29.6 Å². The van der Waals surface area contributed by atoms with Gasteiger partial charge in [-0.2, -0.15) is 8.42 Å². The fraction of sp³-hybridized carbons (Fsp3) is 0.444. The number of nitrogens with two attached hydrogens (primary N) is 2. The van der Waals surface area contributed by atoms with Gasteiger partial charge in [-0.05, 0) is 35.9 Å². The predicted octanol–water partition coefficient (Wildman–Crippen LogP) is 1.56. The van der Waals surface area contributed by atoms with Crippen molar-refractivity contribution in [3.8, 4) is 22.5 Å². The third kappa shape index (κ3) is 13.2. The lowest BCUT2D eigenvalue weighted by Gasteiger charge is -2.20. The Balaban J connectivity index is 1.27. The maximum Gasteiger partial charge on any atom is 0.336 e. The number of aromatic carboxylic acids is 1. The molecule has 2 aromatic rings. The zero-order chi connectivity index (χ0) is 41.3. The molecule has 0 saturated heterocycles. The summed E-state index contributed by atoms with van der Waals surface area (Å²) in [7, 11) is -9.60. The van der Waals surface area contributed by atoms with Crippen LogP contribution in [0.15, 0.2) is 62.7 Å². The molecule has 0 unspecified atom stereocenters. The van der Waals surface area contributed by atoms with Gasteiger partial charge in [0.15, 0.2) is 16.2 Å². The van der Waals surface area contributed by atoms with Crippen LogP contribution < -0.4 is 21.5 Å². The van der Waals surface area contributed by atoms with E-state index in [9.17, 15) is 31.3 Å². The third-order valence-electron chi connectivity index (χ3n) is 7.98. The van der Waals surface area contributed by atoms with Crippen molar-refractivity contribution >= 4 is 42.8 Å². The summed E-state index contributed by atoms with van der Waals surface area (Å²) in [6, 6.07) is 10.9. The highest BCUT2D eigenvalue weighted by molar-refractivity contribution is 7.90. The zero-order valence-corrected chi connectivity index (χ0v) is 32.7. The summed E-state index contributed by atoms with van der Waals surface area (Å²) in [5.74, 6) is -1.89. The minimum atomic E-state index is -5.10. The lowest BCUT2D eigenvalue weighted by Crippen LogP contribution is -2.29. The lowest BCUT2D eigenvalue weighted by atomic mass is 9.90. The molecule has 0 saturated carbocycles. The van der Waals surface area contributed by atoms with Crippen molar-refractivity contribution in [2.45, 2.75) is 9.79 Å². The van der Waals surface area contributed by atoms with Crippen LogP contribution >= 0.6 is 0 Å². The van der Waals surface area contributed by atoms with E-state index in [2.05, 4.69) is 4.72 Å². The molecule has 0 radical (unpaired) electrons. The fourth-order valence-corrected chi connectivity index (χ4v) is 7.52. The molecule has 0 atom stereocenters. The smallest absolute Gasteiger partial charge is 0.336 e. The van der Waals surface area contributed by atoms with Gasteiger partial charge in [0.25, 0.3) is 10.1 Å². The lowest BCUT2D eigenvalue weighted by molar-refractivity contribution is -0.0200. The summed E-state index contributed by atoms with van der Waals surface area (Å²) < 4.78 is 109. The summed E-state index contributed by atoms with van der Waals surface area (Å²) in [4.78, 5) is 10.7. The average Bonchev–Trinajstić information content (AvgIpc) is 3.16. The second kappa shape index (κ2) is 22.7. The van der Waals surface area contributed by atoms with E-state index >= 15 is 0 Å². The van der Waals surface area contributed by atoms with E-state index < -0.39 is 52.6 Å². The molecule has 0 fully saturated rings. The van der Waals surface area contributed by atoms with E-state index in [-0.39, 0.29) is 59.7 Å². The molecule has 0 spiro atoms. The second-order valence-electron chi connectivity index (χ2n) is 12.0. The number of carbonyl (C=O) groups is 1. The molecule has 21 heteroatoms. The van der Waals surface area contributed by atoms with Crippen molar-refractivity contribution in [1.29, 1.82) is 5.41 Å². The van der Waals surface area contributed by atoms with E-state index in [0.717, 1.165) is 6.07 Å². The Morgan fingerprint density at radius 1 is 0.684 bits per heavy atom. The van der Waals surface area contributed by atoms with Crippen molar-refractivity contribution in [2.24, 2.45) is 5.73 Å². The number of anilines is 1. The number of sulfonamides is 1. The highest BCUT2D eigenvalue weighted by Crippen LogP contribution is 2.45. The summed E-state index contributed by atoms with van der Waals surface area (Å²) >= 11 is 0. The number of nitrogen functional groups attached to an aromatic ring is 1. The number of nitrogens with one attached hydrogen (secondary N) is 2. The molecule has 19 nitrogen and oxygen atoms in total. The molecule has 2 aliphatic rings. The first-order valence-electron chi connectivity index (χ1n) is 17.8. The van der Waals surface area contributed by atoms with Crippen molar-refractivity contribution in [1.82, 2.24) is 4.72 Å². The number of carboxylic acids is 1. The molecule has 8 N–H and O–H groups in total. The second-order valence-corrected chi connectivity index (χ2v) is 15.0. The Labute approximate surface area is 329 Å². The molecule has 1 aliphatic carbocycles. The van der Waals surface area contributed by atoms with Gasteiger partial charge in [0.2, 0.25) is 10.0 Å². The van der Waals surface area contributed by atoms with Gasteiger partial charge < -0.3 is 54.1 Å². The van der Waals surface area contributed by atoms with Gasteiger partial charge >= 0.3 is 5.97 Å². The monoisotopic (exact) mass is 840 g/mol. The van der Waals surface area contributed by atoms with Gasteiger partial charge in [-0.25, -0.2) is 17.9 Å². The number of benzene rings is 3. The molecule has 1 aliphatic heterocycles. The van der Waals surface area contributed by atoms with Gasteiger partial charge in [-0.15, -0.1) is 0 Å². The Kier molecular flexibility index (Phi) is 18.2. The van der Waals surface area contributed by atoms with Gasteiger partial charge in [0.05, 0.1) is 109 Å². The standard InChI is InChI=1S/C36H48N4O15S2/c37-9-11-48-13-15-50-17-19-52-21-23-54-24-22-53-20-18-51-16-14-49-12-10-40-56(43,44)34-29(38)7-5-27-31(25-3-1-2-4-26(25)36(41)42)28-6-8-30(39)35(57(45,46)47)33(28)55-32(27)34/h1-8,39-40H,9-24,37-38H2,(H,41,42)(H,45,46,47). The SMILES string of the molecule is N=c1ccc2c(-c3ccccc3C(=O)O)c3ccc(N)c(S(=O)(=O)NCCOCCOCCOCCOCCOCCOCCOCCN)c3oc-2c1S(=O)(=O)O. The maximum absolute atomic E-state index is 13.7. The Bertz CT molecular complexity index is 2160. The zero-order valence-electron chi connectivity index (χ0n) is 31.1. The van der Waals surface area contributed by atoms with Crippen LogP contribution in [0.25, 0.3) is 33.4 Å². The topological polar surface area (TPSA) is 291 Å². The Morgan fingerprint density at radius 3 is 1.70 bits per heavy atom. The number of hydrogen-bond donors (Lipinski definition) is 6. The van der Waals surface area contributed by atoms with Gasteiger partial charge in [0.1, 0.15) is 4.90 Å². The first-order valence-corrected chi connectivity index (χ1v) is 20.7. The summed E-state index contributed by atoms with van der Waals surface area (Å²) in [6.45, 7) is 5.25. The highest BCUT2D eigenvalue weighted by Gasteiger charge is 2.32. The van der Waals surface area contributed by atoms with E-state index in [1.165, 1.54) is 36.4 Å². The molecule has 0 aromatic heterocycles. The minimum absolute atomic E-state index is 0.00556. The van der Waals surface area contributed by atoms with Crippen molar-refractivity contribution < 1.29 is 68.9 Å². The van der Waals surface area contributed by atoms with Crippen LogP contribution in [-0.2, 0) is 53.3 Å². The van der Waals surface area contributed by atoms with Crippen LogP contribution in [0.2, 0.25) is 0 Å². The Hall–Kier alpha value is -4.10. The molecule has 2 aromatic carbocycles. The highest BCUT2D eigenvalue weighted by atomic mass is 32.2. The predicted molar refractivity (Wildman–Crippen MR) is 205 cm³/mol. The molecule has 0 bridgehead atoms. The van der Waals surface area contributed by atoms with Crippen LogP contribution in [0.3, 0.4) is 0 Å². The largest absolute Gasteiger partial charge is 0.478 e. The summed E-state index contributed by atoms with van der Waals surface area (Å²) in [5, 5.41) is 17.6. The van der Waals surface area contributed by atoms with Gasteiger partial charge in [-0.1, -0.05) is 18.2 Å². The van der Waals surface area contributed by atoms with E-state index in [4.69, 9.17) is 54.5 Å². The van der Waals surface area contributed by atoms with Crippen LogP contribution in [0.5, 0.6) is 0 Å². The number of ether oxygens (including phenoxy) is 7. The number of fused-ring (bicyclic) bond motifs is 2. The minimum Gasteiger partial charge on any atom is -0.478 e. The van der Waals surface area contributed by atoms with Crippen molar-refractivity contribution in [3.63, 3.8) is 0 Å². The van der Waals surface area contributed by atoms with Gasteiger partial charge in [-0.3, -0.25) is 9.96 Å². The number of carboxylic acid groups (broad SMARTS) is 1. The van der Waals surface area contributed by atoms with E-state index in [1.807, 2.05) is 0 Å². The molecule has 314 valence electrons. The normalized spacial score (nSPS) is 12.2. The summed E-state index contributed by atoms with van der Waals surface area (Å²) in [5.41, 5.74) is 10.8. The van der Waals surface area contributed by atoms with Crippen LogP contribution in [0.4, 0.5) is 5.69 Å². The Morgan fingerprint density at radius 2 is 1.19 bits per heavy atom. The van der Waals surface area contributed by atoms with Crippen molar-refractivity contribution in [3.05, 3.63) is 59.5 Å².